The van der Waals surface area contributed by atoms with Gasteiger partial charge in [-0.1, -0.05) is 6.07 Å². The molecule has 3 heterocycles. The van der Waals surface area contributed by atoms with E-state index in [-0.39, 0.29) is 23.4 Å². The number of hydrogen-bond donors (Lipinski definition) is 2. The van der Waals surface area contributed by atoms with E-state index in [4.69, 9.17) is 14.1 Å². The number of thiophene rings is 1. The Morgan fingerprint density at radius 1 is 1.29 bits per heavy atom. The molecule has 1 aliphatic rings. The second-order valence-corrected chi connectivity index (χ2v) is 9.45. The number of methoxy groups -OCH3 is 1. The van der Waals surface area contributed by atoms with Crippen LogP contribution in [-0.4, -0.2) is 37.8 Å². The van der Waals surface area contributed by atoms with Crippen LogP contribution in [0.15, 0.2) is 52.1 Å². The van der Waals surface area contributed by atoms with Crippen molar-refractivity contribution in [2.24, 2.45) is 0 Å². The second-order valence-electron chi connectivity index (χ2n) is 8.45. The van der Waals surface area contributed by atoms with Crippen LogP contribution in [0.4, 0.5) is 0 Å². The van der Waals surface area contributed by atoms with E-state index in [0.717, 1.165) is 41.1 Å². The third kappa shape index (κ3) is 3.45. The van der Waals surface area contributed by atoms with Gasteiger partial charge in [0.2, 0.25) is 0 Å². The van der Waals surface area contributed by atoms with Crippen molar-refractivity contribution in [1.82, 2.24) is 14.5 Å². The number of fused-ring (bicyclic) bond motifs is 3. The maximum absolute atomic E-state index is 13.9. The first kappa shape index (κ1) is 21.4. The molecule has 0 unspecified atom stereocenters. The maximum Gasteiger partial charge on any atom is 0.339 e. The monoisotopic (exact) mass is 489 g/mol. The van der Waals surface area contributed by atoms with Crippen LogP contribution in [0.5, 0.6) is 11.5 Å². The molecular weight excluding hydrogens is 470 g/mol. The van der Waals surface area contributed by atoms with Crippen LogP contribution >= 0.6 is 11.3 Å². The van der Waals surface area contributed by atoms with E-state index >= 15 is 0 Å². The highest BCUT2D eigenvalue weighted by Crippen LogP contribution is 2.46. The van der Waals surface area contributed by atoms with E-state index in [2.05, 4.69) is 4.98 Å². The molecule has 1 fully saturated rings. The molecule has 35 heavy (non-hydrogen) atoms. The number of oxazole rings is 1. The SMILES string of the molecule is COc1ccc(-c2nc3sc4c(O)c(C(=O)O)ccc4c3c(=O)n2Cc2cnco2)c(C2CC2)c1. The Kier molecular flexibility index (Phi) is 4.85. The van der Waals surface area contributed by atoms with Crippen molar-refractivity contribution in [1.29, 1.82) is 0 Å². The minimum Gasteiger partial charge on any atom is -0.506 e. The molecule has 0 aliphatic heterocycles. The number of rotatable bonds is 6. The number of hydrogen-bond acceptors (Lipinski definition) is 8. The van der Waals surface area contributed by atoms with Gasteiger partial charge in [-0.15, -0.1) is 11.3 Å². The summed E-state index contributed by atoms with van der Waals surface area (Å²) in [5, 5.41) is 20.8. The molecule has 0 spiro atoms. The number of nitrogens with zero attached hydrogens (tertiary/aromatic N) is 3. The standard InChI is InChI=1S/C25H19N3O6S/c1-33-13-4-5-15(18(8-13)12-2-3-12)22-27-23-19(24(30)28(22)10-14-9-26-11-34-14)16-6-7-17(25(31)32)20(29)21(16)35-23/h4-9,11-12,29H,2-3,10H2,1H3,(H,31,32). The Balaban J connectivity index is 1.67. The summed E-state index contributed by atoms with van der Waals surface area (Å²) in [5.74, 6) is 0.429. The number of carbonyl (C=O) groups is 1. The Hall–Kier alpha value is -4.18. The lowest BCUT2D eigenvalue weighted by molar-refractivity contribution is 0.0694. The largest absolute Gasteiger partial charge is 0.506 e. The smallest absolute Gasteiger partial charge is 0.339 e. The summed E-state index contributed by atoms with van der Waals surface area (Å²) in [5.41, 5.74) is 1.34. The number of aromatic hydroxyl groups is 1. The summed E-state index contributed by atoms with van der Waals surface area (Å²) in [7, 11) is 1.62. The van der Waals surface area contributed by atoms with Crippen molar-refractivity contribution in [3.05, 3.63) is 70.2 Å². The van der Waals surface area contributed by atoms with Gasteiger partial charge in [-0.05, 0) is 48.6 Å². The van der Waals surface area contributed by atoms with Gasteiger partial charge in [0, 0.05) is 10.9 Å². The molecule has 0 saturated heterocycles. The first-order valence-electron chi connectivity index (χ1n) is 10.9. The van der Waals surface area contributed by atoms with Gasteiger partial charge in [-0.2, -0.15) is 0 Å². The summed E-state index contributed by atoms with van der Waals surface area (Å²) in [4.78, 5) is 34.7. The molecule has 10 heteroatoms. The predicted molar refractivity (Wildman–Crippen MR) is 130 cm³/mol. The first-order valence-corrected chi connectivity index (χ1v) is 11.8. The highest BCUT2D eigenvalue weighted by atomic mass is 32.1. The predicted octanol–water partition coefficient (Wildman–Crippen LogP) is 4.60. The van der Waals surface area contributed by atoms with Crippen LogP contribution in [0.2, 0.25) is 0 Å². The first-order chi connectivity index (χ1) is 17.0. The number of carboxylic acid groups (broad SMARTS) is 1. The average Bonchev–Trinajstić information content (AvgIpc) is 3.43. The van der Waals surface area contributed by atoms with Crippen molar-refractivity contribution in [2.75, 3.05) is 7.11 Å². The van der Waals surface area contributed by atoms with Gasteiger partial charge < -0.3 is 19.4 Å². The summed E-state index contributed by atoms with van der Waals surface area (Å²) in [6.45, 7) is 0.115. The molecule has 1 saturated carbocycles. The Morgan fingerprint density at radius 2 is 2.11 bits per heavy atom. The number of ether oxygens (including phenoxy) is 1. The third-order valence-corrected chi connectivity index (χ3v) is 7.39. The molecule has 9 nitrogen and oxygen atoms in total. The van der Waals surface area contributed by atoms with E-state index < -0.39 is 5.97 Å². The van der Waals surface area contributed by atoms with Crippen LogP contribution in [0.25, 0.3) is 31.7 Å². The lowest BCUT2D eigenvalue weighted by atomic mass is 10.0. The molecular formula is C25H19N3O6S. The van der Waals surface area contributed by atoms with Gasteiger partial charge in [-0.25, -0.2) is 14.8 Å². The van der Waals surface area contributed by atoms with Crippen LogP contribution in [0, 0.1) is 0 Å². The third-order valence-electron chi connectivity index (χ3n) is 6.28. The normalized spacial score (nSPS) is 13.5. The maximum atomic E-state index is 13.9. The molecule has 0 amide bonds. The fraction of sp³-hybridized carbons (Fsp3) is 0.200. The summed E-state index contributed by atoms with van der Waals surface area (Å²) < 4.78 is 12.7. The number of phenols is 1. The molecule has 2 aromatic carbocycles. The minimum atomic E-state index is -1.24. The summed E-state index contributed by atoms with van der Waals surface area (Å²) in [6, 6.07) is 8.57. The van der Waals surface area contributed by atoms with Crippen molar-refractivity contribution >= 4 is 37.6 Å². The van der Waals surface area contributed by atoms with Gasteiger partial charge in [0.1, 0.15) is 33.5 Å². The van der Waals surface area contributed by atoms with E-state index in [1.165, 1.54) is 12.5 Å². The summed E-state index contributed by atoms with van der Waals surface area (Å²) >= 11 is 1.10. The highest BCUT2D eigenvalue weighted by Gasteiger charge is 2.29. The molecule has 5 aromatic rings. The molecule has 1 aliphatic carbocycles. The summed E-state index contributed by atoms with van der Waals surface area (Å²) in [6.07, 6.45) is 4.94. The van der Waals surface area contributed by atoms with Gasteiger partial charge in [0.15, 0.2) is 6.39 Å². The number of aromatic nitrogens is 3. The fourth-order valence-corrected chi connectivity index (χ4v) is 5.52. The van der Waals surface area contributed by atoms with Gasteiger partial charge in [0.05, 0.1) is 29.9 Å². The van der Waals surface area contributed by atoms with E-state index in [0.29, 0.717) is 37.8 Å². The number of carboxylic acids is 1. The van der Waals surface area contributed by atoms with Gasteiger partial charge >= 0.3 is 5.97 Å². The van der Waals surface area contributed by atoms with Crippen molar-refractivity contribution < 1.29 is 24.2 Å². The topological polar surface area (TPSA) is 128 Å². The zero-order chi connectivity index (χ0) is 24.3. The molecule has 3 aromatic heterocycles. The molecule has 0 atom stereocenters. The van der Waals surface area contributed by atoms with Crippen molar-refractivity contribution in [3.8, 4) is 22.9 Å². The van der Waals surface area contributed by atoms with E-state index in [1.807, 2.05) is 18.2 Å². The van der Waals surface area contributed by atoms with Crippen LogP contribution < -0.4 is 10.3 Å². The van der Waals surface area contributed by atoms with Crippen LogP contribution in [0.3, 0.4) is 0 Å². The lowest BCUT2D eigenvalue weighted by Crippen LogP contribution is -2.24. The van der Waals surface area contributed by atoms with Gasteiger partial charge in [0.25, 0.3) is 5.56 Å². The van der Waals surface area contributed by atoms with Crippen molar-refractivity contribution in [3.63, 3.8) is 0 Å². The average molecular weight is 490 g/mol. The zero-order valence-corrected chi connectivity index (χ0v) is 19.3. The van der Waals surface area contributed by atoms with Gasteiger partial charge in [-0.3, -0.25) is 9.36 Å². The second kappa shape index (κ2) is 7.95. The molecule has 6 rings (SSSR count). The van der Waals surface area contributed by atoms with E-state index in [1.54, 1.807) is 23.9 Å². The highest BCUT2D eigenvalue weighted by molar-refractivity contribution is 7.25. The zero-order valence-electron chi connectivity index (χ0n) is 18.5. The fourth-order valence-electron chi connectivity index (χ4n) is 4.41. The van der Waals surface area contributed by atoms with Crippen LogP contribution in [-0.2, 0) is 6.54 Å². The lowest BCUT2D eigenvalue weighted by Gasteiger charge is -2.15. The van der Waals surface area contributed by atoms with E-state index in [9.17, 15) is 19.8 Å². The molecule has 0 bridgehead atoms. The Bertz CT molecular complexity index is 1680. The van der Waals surface area contributed by atoms with Crippen molar-refractivity contribution in [2.45, 2.75) is 25.3 Å². The Labute approximate surface area is 201 Å². The minimum absolute atomic E-state index is 0.115. The Morgan fingerprint density at radius 3 is 2.80 bits per heavy atom. The molecule has 176 valence electrons. The molecule has 2 N–H and O–H groups in total. The number of benzene rings is 2. The molecule has 0 radical (unpaired) electrons. The van der Waals surface area contributed by atoms with Crippen LogP contribution in [0.1, 0.15) is 40.4 Å². The quantitative estimate of drug-likeness (QED) is 0.354. The number of aromatic carboxylic acids is 1.